The van der Waals surface area contributed by atoms with E-state index in [1.807, 2.05) is 30.3 Å². The molecule has 138 valence electrons. The molecule has 1 aliphatic rings. The second-order valence-corrected chi connectivity index (χ2v) is 6.34. The van der Waals surface area contributed by atoms with Gasteiger partial charge in [-0.15, -0.1) is 0 Å². The van der Waals surface area contributed by atoms with E-state index in [1.165, 1.54) is 11.0 Å². The number of hydrogen-bond donors (Lipinski definition) is 1. The first-order chi connectivity index (χ1) is 13.1. The van der Waals surface area contributed by atoms with Crippen LogP contribution in [-0.4, -0.2) is 35.1 Å². The molecule has 2 amide bonds. The number of halogens is 2. The molecule has 0 aliphatic carbocycles. The third kappa shape index (κ3) is 3.67. The molecule has 0 saturated carbocycles. The Kier molecular flexibility index (Phi) is 4.58. The Morgan fingerprint density at radius 3 is 2.67 bits per heavy atom. The first-order valence-corrected chi connectivity index (χ1v) is 8.62. The standard InChI is InChI=1S/C20H17F2N3O2/c21-15-5-3-6-16(22)19(15)24-20(26)25-11-10-14(12-25)27-18-9-8-13-4-1-2-7-17(13)23-18/h1-9,14H,10-12H2,(H,24,26)/t14-/m0/s1. The van der Waals surface area contributed by atoms with Gasteiger partial charge in [0, 0.05) is 24.4 Å². The van der Waals surface area contributed by atoms with Crippen LogP contribution < -0.4 is 10.1 Å². The maximum absolute atomic E-state index is 13.7. The van der Waals surface area contributed by atoms with Crippen LogP contribution in [0, 0.1) is 11.6 Å². The molecule has 4 rings (SSSR count). The van der Waals surface area contributed by atoms with Crippen LogP contribution in [0.3, 0.4) is 0 Å². The molecule has 1 fully saturated rings. The number of fused-ring (bicyclic) bond motifs is 1. The molecule has 0 unspecified atom stereocenters. The second kappa shape index (κ2) is 7.19. The maximum atomic E-state index is 13.7. The van der Waals surface area contributed by atoms with Crippen molar-refractivity contribution in [3.63, 3.8) is 0 Å². The van der Waals surface area contributed by atoms with Crippen molar-refractivity contribution in [2.24, 2.45) is 0 Å². The SMILES string of the molecule is O=C(Nc1c(F)cccc1F)N1CC[C@H](Oc2ccc3ccccc3n2)C1. The van der Waals surface area contributed by atoms with Gasteiger partial charge >= 0.3 is 6.03 Å². The number of carbonyl (C=O) groups excluding carboxylic acids is 1. The summed E-state index contributed by atoms with van der Waals surface area (Å²) >= 11 is 0. The smallest absolute Gasteiger partial charge is 0.322 e. The lowest BCUT2D eigenvalue weighted by Crippen LogP contribution is -2.35. The van der Waals surface area contributed by atoms with Crippen molar-refractivity contribution in [2.45, 2.75) is 12.5 Å². The van der Waals surface area contributed by atoms with Crippen LogP contribution in [0.5, 0.6) is 5.88 Å². The Hall–Kier alpha value is -3.22. The van der Waals surface area contributed by atoms with Gasteiger partial charge in [0.2, 0.25) is 5.88 Å². The van der Waals surface area contributed by atoms with Gasteiger partial charge in [-0.3, -0.25) is 0 Å². The Balaban J connectivity index is 1.40. The molecule has 5 nitrogen and oxygen atoms in total. The van der Waals surface area contributed by atoms with Gasteiger partial charge in [0.25, 0.3) is 0 Å². The number of likely N-dealkylation sites (tertiary alicyclic amines) is 1. The van der Waals surface area contributed by atoms with Gasteiger partial charge in [0.15, 0.2) is 0 Å². The van der Waals surface area contributed by atoms with E-state index in [-0.39, 0.29) is 6.10 Å². The minimum Gasteiger partial charge on any atom is -0.472 e. The molecule has 1 N–H and O–H groups in total. The summed E-state index contributed by atoms with van der Waals surface area (Å²) in [6, 6.07) is 14.3. The lowest BCUT2D eigenvalue weighted by molar-refractivity contribution is 0.190. The topological polar surface area (TPSA) is 54.5 Å². The summed E-state index contributed by atoms with van der Waals surface area (Å²) in [6.07, 6.45) is 0.386. The van der Waals surface area contributed by atoms with E-state index < -0.39 is 23.4 Å². The Labute approximate surface area is 154 Å². The van der Waals surface area contributed by atoms with Crippen molar-refractivity contribution in [2.75, 3.05) is 18.4 Å². The summed E-state index contributed by atoms with van der Waals surface area (Å²) in [5.74, 6) is -1.13. The van der Waals surface area contributed by atoms with Crippen LogP contribution in [0.15, 0.2) is 54.6 Å². The van der Waals surface area contributed by atoms with Crippen LogP contribution in [0.4, 0.5) is 19.3 Å². The van der Waals surface area contributed by atoms with Gasteiger partial charge in [-0.1, -0.05) is 24.3 Å². The Morgan fingerprint density at radius 1 is 1.07 bits per heavy atom. The third-order valence-electron chi connectivity index (χ3n) is 4.49. The highest BCUT2D eigenvalue weighted by Crippen LogP contribution is 2.22. The molecule has 1 aliphatic heterocycles. The van der Waals surface area contributed by atoms with Crippen molar-refractivity contribution in [3.8, 4) is 5.88 Å². The number of pyridine rings is 1. The molecule has 0 radical (unpaired) electrons. The van der Waals surface area contributed by atoms with Crippen LogP contribution in [0.25, 0.3) is 10.9 Å². The fraction of sp³-hybridized carbons (Fsp3) is 0.200. The second-order valence-electron chi connectivity index (χ2n) is 6.34. The van der Waals surface area contributed by atoms with Crippen molar-refractivity contribution >= 4 is 22.6 Å². The highest BCUT2D eigenvalue weighted by Gasteiger charge is 2.29. The number of aromatic nitrogens is 1. The van der Waals surface area contributed by atoms with Crippen LogP contribution in [0.2, 0.25) is 0 Å². The van der Waals surface area contributed by atoms with E-state index in [0.717, 1.165) is 23.0 Å². The average molecular weight is 369 g/mol. The van der Waals surface area contributed by atoms with Crippen molar-refractivity contribution < 1.29 is 18.3 Å². The lowest BCUT2D eigenvalue weighted by atomic mass is 10.2. The van der Waals surface area contributed by atoms with Crippen LogP contribution in [-0.2, 0) is 0 Å². The first kappa shape index (κ1) is 17.2. The minimum atomic E-state index is -0.810. The monoisotopic (exact) mass is 369 g/mol. The zero-order valence-corrected chi connectivity index (χ0v) is 14.4. The maximum Gasteiger partial charge on any atom is 0.322 e. The lowest BCUT2D eigenvalue weighted by Gasteiger charge is -2.18. The number of carbonyl (C=O) groups is 1. The van der Waals surface area contributed by atoms with Crippen molar-refractivity contribution in [1.82, 2.24) is 9.88 Å². The molecule has 1 aromatic heterocycles. The molecule has 7 heteroatoms. The van der Waals surface area contributed by atoms with Gasteiger partial charge in [-0.05, 0) is 24.3 Å². The van der Waals surface area contributed by atoms with Gasteiger partial charge in [0.1, 0.15) is 23.4 Å². The summed E-state index contributed by atoms with van der Waals surface area (Å²) in [6.45, 7) is 0.747. The number of ether oxygens (including phenoxy) is 1. The number of rotatable bonds is 3. The molecule has 27 heavy (non-hydrogen) atoms. The van der Waals surface area contributed by atoms with Crippen LogP contribution in [0.1, 0.15) is 6.42 Å². The summed E-state index contributed by atoms with van der Waals surface area (Å²) in [5.41, 5.74) is 0.390. The number of para-hydroxylation sites is 2. The molecule has 0 spiro atoms. The molecule has 1 atom stereocenters. The van der Waals surface area contributed by atoms with Gasteiger partial charge < -0.3 is 15.0 Å². The third-order valence-corrected chi connectivity index (χ3v) is 4.49. The predicted molar refractivity (Wildman–Crippen MR) is 97.7 cm³/mol. The van der Waals surface area contributed by atoms with E-state index in [2.05, 4.69) is 10.3 Å². The number of amides is 2. The van der Waals surface area contributed by atoms with E-state index in [1.54, 1.807) is 6.07 Å². The van der Waals surface area contributed by atoms with E-state index in [9.17, 15) is 13.6 Å². The van der Waals surface area contributed by atoms with Gasteiger partial charge in [-0.2, -0.15) is 0 Å². The largest absolute Gasteiger partial charge is 0.472 e. The molecule has 1 saturated heterocycles. The van der Waals surface area contributed by atoms with Crippen molar-refractivity contribution in [1.29, 1.82) is 0 Å². The van der Waals surface area contributed by atoms with E-state index in [4.69, 9.17) is 4.74 Å². The highest BCUT2D eigenvalue weighted by molar-refractivity contribution is 5.89. The number of benzene rings is 2. The minimum absolute atomic E-state index is 0.227. The quantitative estimate of drug-likeness (QED) is 0.753. The number of nitrogens with one attached hydrogen (secondary N) is 1. The molecule has 2 aromatic carbocycles. The fourth-order valence-electron chi connectivity index (χ4n) is 3.10. The summed E-state index contributed by atoms with van der Waals surface area (Å²) < 4.78 is 33.2. The normalized spacial score (nSPS) is 16.5. The Morgan fingerprint density at radius 2 is 1.85 bits per heavy atom. The van der Waals surface area contributed by atoms with Crippen molar-refractivity contribution in [3.05, 3.63) is 66.2 Å². The number of nitrogens with zero attached hydrogens (tertiary/aromatic N) is 2. The zero-order chi connectivity index (χ0) is 18.8. The summed E-state index contributed by atoms with van der Waals surface area (Å²) in [5, 5.41) is 3.31. The summed E-state index contributed by atoms with van der Waals surface area (Å²) in [7, 11) is 0. The number of urea groups is 1. The zero-order valence-electron chi connectivity index (χ0n) is 14.4. The van der Waals surface area contributed by atoms with E-state index >= 15 is 0 Å². The Bertz CT molecular complexity index is 976. The van der Waals surface area contributed by atoms with E-state index in [0.29, 0.717) is 25.4 Å². The fourth-order valence-corrected chi connectivity index (χ4v) is 3.10. The number of anilines is 1. The molecule has 2 heterocycles. The van der Waals surface area contributed by atoms with Crippen LogP contribution >= 0.6 is 0 Å². The first-order valence-electron chi connectivity index (χ1n) is 8.62. The molecular formula is C20H17F2N3O2. The van der Waals surface area contributed by atoms with Gasteiger partial charge in [-0.25, -0.2) is 18.6 Å². The highest BCUT2D eigenvalue weighted by atomic mass is 19.1. The van der Waals surface area contributed by atoms with Gasteiger partial charge in [0.05, 0.1) is 12.1 Å². The molecule has 3 aromatic rings. The molecule has 0 bridgehead atoms. The summed E-state index contributed by atoms with van der Waals surface area (Å²) in [4.78, 5) is 18.2. The number of hydrogen-bond acceptors (Lipinski definition) is 3. The average Bonchev–Trinajstić information content (AvgIpc) is 3.13. The predicted octanol–water partition coefficient (Wildman–Crippen LogP) is 4.20. The molecular weight excluding hydrogens is 352 g/mol.